The Balaban J connectivity index is 2.18. The van der Waals surface area contributed by atoms with Gasteiger partial charge in [-0.15, -0.1) is 0 Å². The molecule has 0 amide bonds. The number of hydrogen-bond acceptors (Lipinski definition) is 4. The lowest BCUT2D eigenvalue weighted by Gasteiger charge is -2.08. The lowest BCUT2D eigenvalue weighted by Crippen LogP contribution is -2.14. The van der Waals surface area contributed by atoms with E-state index in [1.54, 1.807) is 14.2 Å². The van der Waals surface area contributed by atoms with E-state index in [1.165, 1.54) is 0 Å². The van der Waals surface area contributed by atoms with Gasteiger partial charge in [0.1, 0.15) is 17.2 Å². The normalized spacial score (nSPS) is 14.9. The van der Waals surface area contributed by atoms with Crippen LogP contribution >= 0.6 is 0 Å². The number of hydrazone groups is 1. The van der Waals surface area contributed by atoms with Crippen molar-refractivity contribution in [2.45, 2.75) is 13.5 Å². The maximum absolute atomic E-state index is 5.35. The van der Waals surface area contributed by atoms with Crippen LogP contribution in [0.1, 0.15) is 12.5 Å². The minimum absolute atomic E-state index is 0.695. The first-order valence-corrected chi connectivity index (χ1v) is 5.44. The molecule has 0 unspecified atom stereocenters. The molecule has 0 atom stereocenters. The second kappa shape index (κ2) is 5.01. The fourth-order valence-corrected chi connectivity index (χ4v) is 1.71. The van der Waals surface area contributed by atoms with E-state index in [0.717, 1.165) is 22.8 Å². The molecule has 0 aromatic heterocycles. The SMILES string of the molecule is COc1ccc(C[N+]2C=CC(C)=N2)c(OC)c1. The highest BCUT2D eigenvalue weighted by Gasteiger charge is 2.20. The zero-order valence-corrected chi connectivity index (χ0v) is 10.3. The second-order valence-electron chi connectivity index (χ2n) is 3.83. The van der Waals surface area contributed by atoms with Crippen LogP contribution in [0.2, 0.25) is 0 Å². The Morgan fingerprint density at radius 1 is 1.24 bits per heavy atom. The smallest absolute Gasteiger partial charge is 0.187 e. The van der Waals surface area contributed by atoms with E-state index in [4.69, 9.17) is 9.47 Å². The van der Waals surface area contributed by atoms with Gasteiger partial charge < -0.3 is 9.47 Å². The lowest BCUT2D eigenvalue weighted by molar-refractivity contribution is 0.387. The third-order valence-corrected chi connectivity index (χ3v) is 2.60. The second-order valence-corrected chi connectivity index (χ2v) is 3.83. The fraction of sp³-hybridized carbons (Fsp3) is 0.308. The van der Waals surface area contributed by atoms with Crippen molar-refractivity contribution in [3.63, 3.8) is 0 Å². The predicted octanol–water partition coefficient (Wildman–Crippen LogP) is 2.25. The van der Waals surface area contributed by atoms with Crippen molar-refractivity contribution in [2.75, 3.05) is 14.2 Å². The van der Waals surface area contributed by atoms with Crippen LogP contribution in [0.3, 0.4) is 0 Å². The first kappa shape index (κ1) is 11.7. The zero-order valence-electron chi connectivity index (χ0n) is 10.3. The number of nitrogens with zero attached hydrogens (tertiary/aromatic N) is 2. The van der Waals surface area contributed by atoms with Crippen molar-refractivity contribution in [2.24, 2.45) is 5.10 Å². The van der Waals surface area contributed by atoms with Crippen LogP contribution in [0.5, 0.6) is 11.5 Å². The first-order valence-electron chi connectivity index (χ1n) is 5.44. The predicted molar refractivity (Wildman–Crippen MR) is 67.6 cm³/mol. The summed E-state index contributed by atoms with van der Waals surface area (Å²) in [5.74, 6) is 1.61. The monoisotopic (exact) mass is 232 g/mol. The number of benzene rings is 1. The van der Waals surface area contributed by atoms with Gasteiger partial charge in [0.2, 0.25) is 0 Å². The van der Waals surface area contributed by atoms with Gasteiger partial charge in [-0.25, -0.2) is 0 Å². The summed E-state index contributed by atoms with van der Waals surface area (Å²) >= 11 is 0. The molecule has 1 aliphatic rings. The molecular formula is C13H16N2O2+. The molecule has 1 aromatic carbocycles. The van der Waals surface area contributed by atoms with E-state index < -0.39 is 0 Å². The van der Waals surface area contributed by atoms with Gasteiger partial charge in [0.25, 0.3) is 0 Å². The number of ether oxygens (including phenoxy) is 2. The minimum atomic E-state index is 0.695. The summed E-state index contributed by atoms with van der Waals surface area (Å²) in [7, 11) is 3.30. The number of allylic oxidation sites excluding steroid dienone is 1. The molecule has 1 aliphatic heterocycles. The molecule has 4 heteroatoms. The van der Waals surface area contributed by atoms with Gasteiger partial charge in [-0.1, -0.05) is 0 Å². The third kappa shape index (κ3) is 2.65. The Kier molecular flexibility index (Phi) is 3.44. The molecule has 0 spiro atoms. The van der Waals surface area contributed by atoms with Crippen molar-refractivity contribution in [3.8, 4) is 11.5 Å². The van der Waals surface area contributed by atoms with E-state index >= 15 is 0 Å². The topological polar surface area (TPSA) is 36.7 Å². The number of hydrogen-bond donors (Lipinski definition) is 0. The van der Waals surface area contributed by atoms with Crippen molar-refractivity contribution >= 4 is 5.71 Å². The van der Waals surface area contributed by atoms with E-state index in [2.05, 4.69) is 5.10 Å². The summed E-state index contributed by atoms with van der Waals surface area (Å²) < 4.78 is 10.5. The lowest BCUT2D eigenvalue weighted by atomic mass is 10.2. The van der Waals surface area contributed by atoms with Crippen molar-refractivity contribution in [1.29, 1.82) is 0 Å². The molecule has 0 saturated heterocycles. The first-order chi connectivity index (χ1) is 8.22. The van der Waals surface area contributed by atoms with Gasteiger partial charge >= 0.3 is 0 Å². The van der Waals surface area contributed by atoms with Crippen LogP contribution in [-0.2, 0) is 6.54 Å². The Morgan fingerprint density at radius 3 is 2.65 bits per heavy atom. The maximum Gasteiger partial charge on any atom is 0.187 e. The minimum Gasteiger partial charge on any atom is -0.497 e. The number of rotatable bonds is 4. The summed E-state index contributed by atoms with van der Waals surface area (Å²) in [5, 5.41) is 6.24. The van der Waals surface area contributed by atoms with Gasteiger partial charge in [0, 0.05) is 17.2 Å². The van der Waals surface area contributed by atoms with Gasteiger partial charge in [-0.05, 0) is 24.2 Å². The van der Waals surface area contributed by atoms with Crippen LogP contribution in [0.4, 0.5) is 0 Å². The number of methoxy groups -OCH3 is 2. The molecular weight excluding hydrogens is 216 g/mol. The Morgan fingerprint density at radius 2 is 2.06 bits per heavy atom. The van der Waals surface area contributed by atoms with Crippen molar-refractivity contribution in [3.05, 3.63) is 36.0 Å². The van der Waals surface area contributed by atoms with Gasteiger partial charge in [-0.3, -0.25) is 0 Å². The van der Waals surface area contributed by atoms with Crippen molar-refractivity contribution in [1.82, 2.24) is 5.01 Å². The molecule has 2 rings (SSSR count). The van der Waals surface area contributed by atoms with Crippen LogP contribution in [0.15, 0.2) is 35.6 Å². The molecule has 4 nitrogen and oxygen atoms in total. The fourth-order valence-electron chi connectivity index (χ4n) is 1.71. The summed E-state index contributed by atoms with van der Waals surface area (Å²) in [4.78, 5) is 0. The molecule has 17 heavy (non-hydrogen) atoms. The molecule has 0 bridgehead atoms. The standard InChI is InChI=1S/C13H16N2O2/c1-10-6-7-15(14-10)9-11-4-5-12(16-2)8-13(11)17-3/h4-8H,9H2,1-3H3/q+1. The zero-order chi connectivity index (χ0) is 12.3. The maximum atomic E-state index is 5.35. The summed E-state index contributed by atoms with van der Waals surface area (Å²) in [6.45, 7) is 2.67. The summed E-state index contributed by atoms with van der Waals surface area (Å²) in [6.07, 6.45) is 3.94. The Bertz CT molecular complexity index is 466. The summed E-state index contributed by atoms with van der Waals surface area (Å²) in [6, 6.07) is 5.80. The largest absolute Gasteiger partial charge is 0.497 e. The van der Waals surface area contributed by atoms with E-state index in [1.807, 2.05) is 42.4 Å². The van der Waals surface area contributed by atoms with Crippen LogP contribution < -0.4 is 14.5 Å². The van der Waals surface area contributed by atoms with Gasteiger partial charge in [-0.2, -0.15) is 0 Å². The van der Waals surface area contributed by atoms with E-state index in [9.17, 15) is 0 Å². The van der Waals surface area contributed by atoms with Crippen LogP contribution in [-0.4, -0.2) is 19.9 Å². The molecule has 0 fully saturated rings. The van der Waals surface area contributed by atoms with E-state index in [-0.39, 0.29) is 0 Å². The highest BCUT2D eigenvalue weighted by molar-refractivity contribution is 5.94. The van der Waals surface area contributed by atoms with Crippen LogP contribution in [0.25, 0.3) is 0 Å². The Hall–Kier alpha value is -1.81. The Labute approximate surface area is 101 Å². The average molecular weight is 232 g/mol. The van der Waals surface area contributed by atoms with Crippen LogP contribution in [0, 0.1) is 0 Å². The molecule has 0 N–H and O–H groups in total. The van der Waals surface area contributed by atoms with E-state index in [0.29, 0.717) is 6.54 Å². The van der Waals surface area contributed by atoms with Crippen molar-refractivity contribution < 1.29 is 9.47 Å². The molecule has 1 aromatic rings. The average Bonchev–Trinajstić information content (AvgIpc) is 2.75. The summed E-state index contributed by atoms with van der Waals surface area (Å²) in [5.41, 5.74) is 2.09. The quantitative estimate of drug-likeness (QED) is 0.746. The van der Waals surface area contributed by atoms with Gasteiger partial charge in [0.15, 0.2) is 12.7 Å². The highest BCUT2D eigenvalue weighted by Crippen LogP contribution is 2.25. The molecule has 0 saturated carbocycles. The highest BCUT2D eigenvalue weighted by atomic mass is 16.5. The van der Waals surface area contributed by atoms with Gasteiger partial charge in [0.05, 0.1) is 19.8 Å². The molecule has 89 valence electrons. The third-order valence-electron chi connectivity index (χ3n) is 2.60. The molecule has 0 aliphatic carbocycles. The molecule has 1 heterocycles. The molecule has 1 radical (unpaired) electrons.